The molecule has 0 fully saturated rings. The van der Waals surface area contributed by atoms with Gasteiger partial charge in [0.05, 0.1) is 17.4 Å². The Morgan fingerprint density at radius 2 is 2.20 bits per heavy atom. The number of rotatable bonds is 5. The minimum absolute atomic E-state index is 0.0845. The Morgan fingerprint density at radius 1 is 1.45 bits per heavy atom. The minimum Gasteiger partial charge on any atom is -0.433 e. The van der Waals surface area contributed by atoms with Crippen molar-refractivity contribution in [1.82, 2.24) is 9.78 Å². The highest BCUT2D eigenvalue weighted by Gasteiger charge is 2.13. The van der Waals surface area contributed by atoms with Gasteiger partial charge in [0.1, 0.15) is 5.75 Å². The predicted molar refractivity (Wildman–Crippen MR) is 68.9 cm³/mol. The van der Waals surface area contributed by atoms with E-state index in [4.69, 9.17) is 0 Å². The number of anilines is 1. The number of halogens is 2. The lowest BCUT2D eigenvalue weighted by molar-refractivity contribution is -0.0493. The van der Waals surface area contributed by atoms with Crippen LogP contribution in [0.4, 0.5) is 14.5 Å². The van der Waals surface area contributed by atoms with Crippen molar-refractivity contribution in [3.8, 4) is 5.75 Å². The van der Waals surface area contributed by atoms with Crippen LogP contribution in [0.25, 0.3) is 0 Å². The second-order valence-electron chi connectivity index (χ2n) is 3.91. The number of alkyl halides is 2. The Bertz CT molecular complexity index is 599. The molecule has 1 heterocycles. The number of nitrogens with one attached hydrogen (secondary N) is 1. The molecule has 5 nitrogen and oxygen atoms in total. The third-order valence-corrected chi connectivity index (χ3v) is 2.57. The van der Waals surface area contributed by atoms with Crippen LogP contribution in [0.5, 0.6) is 5.75 Å². The number of ether oxygens (including phenoxy) is 1. The third kappa shape index (κ3) is 3.31. The highest BCUT2D eigenvalue weighted by Crippen LogP contribution is 2.25. The van der Waals surface area contributed by atoms with Crippen LogP contribution in [-0.4, -0.2) is 22.3 Å². The fourth-order valence-electron chi connectivity index (χ4n) is 1.62. The van der Waals surface area contributed by atoms with E-state index in [1.807, 2.05) is 6.92 Å². The summed E-state index contributed by atoms with van der Waals surface area (Å²) >= 11 is 0. The molecule has 0 saturated carbocycles. The maximum absolute atomic E-state index is 12.3. The summed E-state index contributed by atoms with van der Waals surface area (Å²) < 4.78 is 30.5. The quantitative estimate of drug-likeness (QED) is 0.916. The van der Waals surface area contributed by atoms with E-state index in [0.29, 0.717) is 12.1 Å². The van der Waals surface area contributed by atoms with E-state index in [0.717, 1.165) is 0 Å². The molecule has 0 aliphatic heterocycles. The van der Waals surface area contributed by atoms with Gasteiger partial charge in [-0.2, -0.15) is 13.9 Å². The molecule has 2 aromatic rings. The van der Waals surface area contributed by atoms with E-state index in [1.165, 1.54) is 18.3 Å². The summed E-state index contributed by atoms with van der Waals surface area (Å²) in [6.07, 6.45) is 2.99. The molecule has 1 N–H and O–H groups in total. The minimum atomic E-state index is -2.95. The van der Waals surface area contributed by atoms with Gasteiger partial charge in [-0.1, -0.05) is 12.1 Å². The van der Waals surface area contributed by atoms with E-state index in [2.05, 4.69) is 15.2 Å². The highest BCUT2D eigenvalue weighted by molar-refractivity contribution is 6.04. The SMILES string of the molecule is CCn1cc(C(=O)Nc2ccccc2OC(F)F)cn1. The topological polar surface area (TPSA) is 56.2 Å². The summed E-state index contributed by atoms with van der Waals surface area (Å²) in [5.74, 6) is -0.520. The average molecular weight is 281 g/mol. The first-order valence-electron chi connectivity index (χ1n) is 5.97. The Balaban J connectivity index is 2.15. The largest absolute Gasteiger partial charge is 0.433 e. The first-order valence-corrected chi connectivity index (χ1v) is 5.97. The van der Waals surface area contributed by atoms with Crippen LogP contribution in [0.15, 0.2) is 36.7 Å². The third-order valence-electron chi connectivity index (χ3n) is 2.57. The van der Waals surface area contributed by atoms with E-state index in [-0.39, 0.29) is 11.4 Å². The molecule has 0 aliphatic carbocycles. The molecule has 0 atom stereocenters. The van der Waals surface area contributed by atoms with Crippen LogP contribution in [0.1, 0.15) is 17.3 Å². The average Bonchev–Trinajstić information content (AvgIpc) is 2.89. The summed E-state index contributed by atoms with van der Waals surface area (Å²) in [6.45, 7) is -0.422. The van der Waals surface area contributed by atoms with Gasteiger partial charge in [-0.15, -0.1) is 0 Å². The van der Waals surface area contributed by atoms with Crippen molar-refractivity contribution in [3.05, 3.63) is 42.2 Å². The molecule has 20 heavy (non-hydrogen) atoms. The van der Waals surface area contributed by atoms with Crippen molar-refractivity contribution < 1.29 is 18.3 Å². The molecule has 0 radical (unpaired) electrons. The molecule has 0 saturated heterocycles. The van der Waals surface area contributed by atoms with E-state index < -0.39 is 12.5 Å². The number of carbonyl (C=O) groups is 1. The lowest BCUT2D eigenvalue weighted by Crippen LogP contribution is -2.13. The van der Waals surface area contributed by atoms with Crippen molar-refractivity contribution in [2.24, 2.45) is 0 Å². The van der Waals surface area contributed by atoms with Gasteiger partial charge in [-0.25, -0.2) is 0 Å². The first-order chi connectivity index (χ1) is 9.60. The highest BCUT2D eigenvalue weighted by atomic mass is 19.3. The lowest BCUT2D eigenvalue weighted by atomic mass is 10.2. The number of hydrogen-bond donors (Lipinski definition) is 1. The number of benzene rings is 1. The molecule has 2 rings (SSSR count). The van der Waals surface area contributed by atoms with Crippen molar-refractivity contribution in [3.63, 3.8) is 0 Å². The summed E-state index contributed by atoms with van der Waals surface area (Å²) in [4.78, 5) is 12.0. The summed E-state index contributed by atoms with van der Waals surface area (Å²) in [7, 11) is 0. The normalized spacial score (nSPS) is 10.6. The molecule has 106 valence electrons. The van der Waals surface area contributed by atoms with Crippen LogP contribution in [0.3, 0.4) is 0 Å². The zero-order valence-corrected chi connectivity index (χ0v) is 10.7. The van der Waals surface area contributed by atoms with Crippen molar-refractivity contribution in [1.29, 1.82) is 0 Å². The maximum atomic E-state index is 12.3. The zero-order chi connectivity index (χ0) is 14.5. The second kappa shape index (κ2) is 6.14. The molecular formula is C13H13F2N3O2. The number of aryl methyl sites for hydroxylation is 1. The standard InChI is InChI=1S/C13H13F2N3O2/c1-2-18-8-9(7-16-18)12(19)17-10-5-3-4-6-11(10)20-13(14)15/h3-8,13H,2H2,1H3,(H,17,19). The smallest absolute Gasteiger partial charge is 0.387 e. The molecule has 1 aromatic carbocycles. The van der Waals surface area contributed by atoms with Crippen LogP contribution in [0, 0.1) is 0 Å². The second-order valence-corrected chi connectivity index (χ2v) is 3.91. The Morgan fingerprint density at radius 3 is 2.85 bits per heavy atom. The van der Waals surface area contributed by atoms with Crippen molar-refractivity contribution in [2.45, 2.75) is 20.1 Å². The molecule has 1 amide bonds. The molecule has 0 spiro atoms. The van der Waals surface area contributed by atoms with E-state index >= 15 is 0 Å². The molecule has 0 aliphatic rings. The molecule has 7 heteroatoms. The van der Waals surface area contributed by atoms with Gasteiger partial charge in [0.2, 0.25) is 0 Å². The zero-order valence-electron chi connectivity index (χ0n) is 10.7. The number of amides is 1. The number of hydrogen-bond acceptors (Lipinski definition) is 3. The fourth-order valence-corrected chi connectivity index (χ4v) is 1.62. The summed E-state index contributed by atoms with van der Waals surface area (Å²) in [5.41, 5.74) is 0.528. The van der Waals surface area contributed by atoms with Gasteiger partial charge in [0.15, 0.2) is 0 Å². The van der Waals surface area contributed by atoms with Gasteiger partial charge >= 0.3 is 6.61 Å². The van der Waals surface area contributed by atoms with Crippen LogP contribution >= 0.6 is 0 Å². The van der Waals surface area contributed by atoms with E-state index in [1.54, 1.807) is 23.0 Å². The lowest BCUT2D eigenvalue weighted by Gasteiger charge is -2.10. The molecule has 0 unspecified atom stereocenters. The summed E-state index contributed by atoms with van der Waals surface area (Å²) in [6, 6.07) is 6.00. The van der Waals surface area contributed by atoms with Crippen molar-refractivity contribution >= 4 is 11.6 Å². The van der Waals surface area contributed by atoms with Crippen molar-refractivity contribution in [2.75, 3.05) is 5.32 Å². The Hall–Kier alpha value is -2.44. The summed E-state index contributed by atoms with van der Waals surface area (Å²) in [5, 5.41) is 6.49. The molecular weight excluding hydrogens is 268 g/mol. The van der Waals surface area contributed by atoms with E-state index in [9.17, 15) is 13.6 Å². The molecule has 1 aromatic heterocycles. The number of nitrogens with zero attached hydrogens (tertiary/aromatic N) is 2. The monoisotopic (exact) mass is 281 g/mol. The van der Waals surface area contributed by atoms with Gasteiger partial charge < -0.3 is 10.1 Å². The first kappa shape index (κ1) is 14.0. The Kier molecular flexibility index (Phi) is 4.29. The van der Waals surface area contributed by atoms with Gasteiger partial charge in [-0.05, 0) is 19.1 Å². The maximum Gasteiger partial charge on any atom is 0.387 e. The van der Waals surface area contributed by atoms with Crippen LogP contribution < -0.4 is 10.1 Å². The van der Waals surface area contributed by atoms with Crippen LogP contribution in [0.2, 0.25) is 0 Å². The van der Waals surface area contributed by atoms with Gasteiger partial charge in [0.25, 0.3) is 5.91 Å². The van der Waals surface area contributed by atoms with Gasteiger partial charge in [0, 0.05) is 12.7 Å². The van der Waals surface area contributed by atoms with Gasteiger partial charge in [-0.3, -0.25) is 9.48 Å². The number of para-hydroxylation sites is 2. The number of aromatic nitrogens is 2. The predicted octanol–water partition coefficient (Wildman–Crippen LogP) is 2.76. The molecule has 0 bridgehead atoms. The number of carbonyl (C=O) groups excluding carboxylic acids is 1. The van der Waals surface area contributed by atoms with Crippen LogP contribution in [-0.2, 0) is 6.54 Å². The Labute approximate surface area is 114 Å². The fraction of sp³-hybridized carbons (Fsp3) is 0.231.